The molecule has 2 unspecified atom stereocenters. The highest BCUT2D eigenvalue weighted by molar-refractivity contribution is 4.89. The van der Waals surface area contributed by atoms with Crippen LogP contribution in [-0.2, 0) is 0 Å². The Kier molecular flexibility index (Phi) is 4.24. The van der Waals surface area contributed by atoms with Crippen LogP contribution in [0.5, 0.6) is 0 Å². The maximum atomic E-state index is 3.53. The first-order valence-corrected chi connectivity index (χ1v) is 5.99. The van der Waals surface area contributed by atoms with Crippen molar-refractivity contribution in [3.63, 3.8) is 0 Å². The number of hydrogen-bond acceptors (Lipinski definition) is 1. The summed E-state index contributed by atoms with van der Waals surface area (Å²) in [6.07, 6.45) is 6.91. The van der Waals surface area contributed by atoms with Crippen molar-refractivity contribution in [2.24, 2.45) is 11.3 Å². The van der Waals surface area contributed by atoms with Gasteiger partial charge in [0.1, 0.15) is 0 Å². The van der Waals surface area contributed by atoms with E-state index in [1.165, 1.54) is 45.2 Å². The minimum atomic E-state index is 0.675. The van der Waals surface area contributed by atoms with Crippen molar-refractivity contribution in [3.05, 3.63) is 0 Å². The van der Waals surface area contributed by atoms with Crippen LogP contribution in [0.25, 0.3) is 0 Å². The van der Waals surface area contributed by atoms with Crippen molar-refractivity contribution in [1.29, 1.82) is 0 Å². The largest absolute Gasteiger partial charge is 0.316 e. The molecule has 0 spiro atoms. The molecular formula is C12H25N. The number of nitrogens with one attached hydrogen (secondary N) is 1. The van der Waals surface area contributed by atoms with Crippen molar-refractivity contribution < 1.29 is 0 Å². The van der Waals surface area contributed by atoms with E-state index in [0.29, 0.717) is 5.41 Å². The first-order valence-electron chi connectivity index (χ1n) is 5.99. The third kappa shape index (κ3) is 2.25. The van der Waals surface area contributed by atoms with E-state index in [1.54, 1.807) is 0 Å². The average molecular weight is 183 g/mol. The quantitative estimate of drug-likeness (QED) is 0.705. The molecule has 1 heteroatoms. The van der Waals surface area contributed by atoms with Crippen LogP contribution in [0.1, 0.15) is 52.9 Å². The molecule has 1 aliphatic heterocycles. The van der Waals surface area contributed by atoms with E-state index < -0.39 is 0 Å². The molecular weight excluding hydrogens is 158 g/mol. The van der Waals surface area contributed by atoms with Gasteiger partial charge in [-0.05, 0) is 37.3 Å². The first kappa shape index (κ1) is 11.0. The Labute approximate surface area is 83.3 Å². The Hall–Kier alpha value is -0.0400. The number of hydrogen-bond donors (Lipinski definition) is 1. The number of piperidine rings is 1. The lowest BCUT2D eigenvalue weighted by Gasteiger charge is -2.44. The van der Waals surface area contributed by atoms with Crippen molar-refractivity contribution in [1.82, 2.24) is 5.32 Å². The second-order valence-corrected chi connectivity index (χ2v) is 4.53. The molecule has 1 aliphatic rings. The van der Waals surface area contributed by atoms with E-state index in [9.17, 15) is 0 Å². The Morgan fingerprint density at radius 3 is 2.62 bits per heavy atom. The second kappa shape index (κ2) is 4.99. The maximum Gasteiger partial charge on any atom is -0.00153 e. The SMILES string of the molecule is CCCC1(CC)CCNCC1CC. The van der Waals surface area contributed by atoms with Crippen molar-refractivity contribution in [2.75, 3.05) is 13.1 Å². The van der Waals surface area contributed by atoms with E-state index in [1.807, 2.05) is 0 Å². The Morgan fingerprint density at radius 1 is 1.31 bits per heavy atom. The molecule has 1 nitrogen and oxygen atoms in total. The molecule has 1 saturated heterocycles. The minimum Gasteiger partial charge on any atom is -0.316 e. The van der Waals surface area contributed by atoms with Crippen molar-refractivity contribution in [2.45, 2.75) is 52.9 Å². The normalized spacial score (nSPS) is 34.8. The predicted molar refractivity (Wildman–Crippen MR) is 58.9 cm³/mol. The van der Waals surface area contributed by atoms with Gasteiger partial charge in [-0.15, -0.1) is 0 Å². The van der Waals surface area contributed by atoms with Gasteiger partial charge in [0.2, 0.25) is 0 Å². The van der Waals surface area contributed by atoms with Gasteiger partial charge in [-0.1, -0.05) is 40.0 Å². The van der Waals surface area contributed by atoms with E-state index in [2.05, 4.69) is 26.1 Å². The van der Waals surface area contributed by atoms with Crippen LogP contribution in [0, 0.1) is 11.3 Å². The molecule has 0 aromatic heterocycles. The van der Waals surface area contributed by atoms with Crippen LogP contribution < -0.4 is 5.32 Å². The van der Waals surface area contributed by atoms with Gasteiger partial charge < -0.3 is 5.32 Å². The Balaban J connectivity index is 2.66. The third-order valence-corrected chi connectivity index (χ3v) is 4.00. The van der Waals surface area contributed by atoms with E-state index in [0.717, 1.165) is 5.92 Å². The highest BCUT2D eigenvalue weighted by Gasteiger charge is 2.36. The molecule has 1 rings (SSSR count). The van der Waals surface area contributed by atoms with Crippen LogP contribution in [0.3, 0.4) is 0 Å². The van der Waals surface area contributed by atoms with Gasteiger partial charge in [0.15, 0.2) is 0 Å². The second-order valence-electron chi connectivity index (χ2n) is 4.53. The summed E-state index contributed by atoms with van der Waals surface area (Å²) < 4.78 is 0. The summed E-state index contributed by atoms with van der Waals surface area (Å²) in [4.78, 5) is 0. The van der Waals surface area contributed by atoms with Crippen LogP contribution >= 0.6 is 0 Å². The Morgan fingerprint density at radius 2 is 2.08 bits per heavy atom. The molecule has 1 fully saturated rings. The van der Waals surface area contributed by atoms with E-state index >= 15 is 0 Å². The zero-order valence-corrected chi connectivity index (χ0v) is 9.53. The fraction of sp³-hybridized carbons (Fsp3) is 1.00. The molecule has 0 aliphatic carbocycles. The van der Waals surface area contributed by atoms with Crippen LogP contribution in [0.2, 0.25) is 0 Å². The molecule has 0 amide bonds. The van der Waals surface area contributed by atoms with Crippen molar-refractivity contribution in [3.8, 4) is 0 Å². The molecule has 0 saturated carbocycles. The summed E-state index contributed by atoms with van der Waals surface area (Å²) in [7, 11) is 0. The van der Waals surface area contributed by atoms with Gasteiger partial charge in [0.05, 0.1) is 0 Å². The van der Waals surface area contributed by atoms with Gasteiger partial charge in [0, 0.05) is 0 Å². The van der Waals surface area contributed by atoms with Gasteiger partial charge >= 0.3 is 0 Å². The molecule has 0 aromatic rings. The van der Waals surface area contributed by atoms with Gasteiger partial charge in [-0.3, -0.25) is 0 Å². The van der Waals surface area contributed by atoms with E-state index in [-0.39, 0.29) is 0 Å². The summed E-state index contributed by atoms with van der Waals surface area (Å²) in [6, 6.07) is 0. The fourth-order valence-electron chi connectivity index (χ4n) is 3.08. The zero-order chi connectivity index (χ0) is 9.73. The van der Waals surface area contributed by atoms with Crippen LogP contribution in [0.4, 0.5) is 0 Å². The summed E-state index contributed by atoms with van der Waals surface area (Å²) >= 11 is 0. The summed E-state index contributed by atoms with van der Waals surface area (Å²) in [5, 5.41) is 3.53. The lowest BCUT2D eigenvalue weighted by Crippen LogP contribution is -2.44. The van der Waals surface area contributed by atoms with Gasteiger partial charge in [-0.2, -0.15) is 0 Å². The number of rotatable bonds is 4. The van der Waals surface area contributed by atoms with Gasteiger partial charge in [-0.25, -0.2) is 0 Å². The summed E-state index contributed by atoms with van der Waals surface area (Å²) in [6.45, 7) is 9.54. The lowest BCUT2D eigenvalue weighted by atomic mass is 9.65. The summed E-state index contributed by atoms with van der Waals surface area (Å²) in [5.74, 6) is 0.922. The molecule has 78 valence electrons. The third-order valence-electron chi connectivity index (χ3n) is 4.00. The molecule has 0 radical (unpaired) electrons. The molecule has 13 heavy (non-hydrogen) atoms. The predicted octanol–water partition coefficient (Wildman–Crippen LogP) is 3.20. The molecule has 0 bridgehead atoms. The molecule has 2 atom stereocenters. The maximum absolute atomic E-state index is 3.53. The van der Waals surface area contributed by atoms with Crippen molar-refractivity contribution >= 4 is 0 Å². The van der Waals surface area contributed by atoms with Crippen LogP contribution in [-0.4, -0.2) is 13.1 Å². The smallest absolute Gasteiger partial charge is 0.00153 e. The highest BCUT2D eigenvalue weighted by atomic mass is 14.9. The minimum absolute atomic E-state index is 0.675. The van der Waals surface area contributed by atoms with Crippen LogP contribution in [0.15, 0.2) is 0 Å². The Bertz CT molecular complexity index is 140. The first-order chi connectivity index (χ1) is 6.29. The fourth-order valence-corrected chi connectivity index (χ4v) is 3.08. The zero-order valence-electron chi connectivity index (χ0n) is 9.53. The average Bonchev–Trinajstić information content (AvgIpc) is 2.19. The molecule has 1 N–H and O–H groups in total. The van der Waals surface area contributed by atoms with Gasteiger partial charge in [0.25, 0.3) is 0 Å². The molecule has 0 aromatic carbocycles. The lowest BCUT2D eigenvalue weighted by molar-refractivity contribution is 0.0855. The van der Waals surface area contributed by atoms with E-state index in [4.69, 9.17) is 0 Å². The standard InChI is InChI=1S/C12H25N/c1-4-7-12(6-3)8-9-13-10-11(12)5-2/h11,13H,4-10H2,1-3H3. The topological polar surface area (TPSA) is 12.0 Å². The monoisotopic (exact) mass is 183 g/mol. The summed E-state index contributed by atoms with van der Waals surface area (Å²) in [5.41, 5.74) is 0.675. The highest BCUT2D eigenvalue weighted by Crippen LogP contribution is 2.42. The molecule has 1 heterocycles.